The van der Waals surface area contributed by atoms with Gasteiger partial charge in [-0.3, -0.25) is 9.97 Å². The van der Waals surface area contributed by atoms with Gasteiger partial charge in [-0.15, -0.1) is 0 Å². The molecule has 0 atom stereocenters. The average Bonchev–Trinajstić information content (AvgIpc) is 2.97. The van der Waals surface area contributed by atoms with E-state index in [9.17, 15) is 0 Å². The Kier molecular flexibility index (Phi) is 33.7. The van der Waals surface area contributed by atoms with Crippen LogP contribution in [0.15, 0.2) is 49.1 Å². The molecule has 0 saturated heterocycles. The first-order chi connectivity index (χ1) is 19.2. The number of nitrogens with zero attached hydrogens (tertiary/aromatic N) is 2. The van der Waals surface area contributed by atoms with E-state index in [0.29, 0.717) is 0 Å². The SMILES string of the molecule is BrCCCCCCCCCCCBr.BrCCCCCCCCCCCCc1cccnc1.Cc1cccnc1. The topological polar surface area (TPSA) is 25.8 Å². The van der Waals surface area contributed by atoms with E-state index in [4.69, 9.17) is 0 Å². The molecule has 0 saturated carbocycles. The van der Waals surface area contributed by atoms with Crippen LogP contribution in [-0.2, 0) is 6.42 Å². The van der Waals surface area contributed by atoms with Crippen molar-refractivity contribution < 1.29 is 0 Å². The minimum Gasteiger partial charge on any atom is -0.264 e. The van der Waals surface area contributed by atoms with E-state index in [1.54, 1.807) is 6.20 Å². The van der Waals surface area contributed by atoms with Crippen molar-refractivity contribution in [1.82, 2.24) is 9.97 Å². The Balaban J connectivity index is 0.000000620. The molecule has 0 aliphatic rings. The second-order valence-corrected chi connectivity index (χ2v) is 12.8. The van der Waals surface area contributed by atoms with Crippen LogP contribution in [0.5, 0.6) is 0 Å². The molecule has 2 nitrogen and oxygen atoms in total. The van der Waals surface area contributed by atoms with Crippen molar-refractivity contribution in [3.63, 3.8) is 0 Å². The highest BCUT2D eigenvalue weighted by Crippen LogP contribution is 2.13. The number of aromatic nitrogens is 2. The van der Waals surface area contributed by atoms with Gasteiger partial charge in [-0.2, -0.15) is 0 Å². The molecule has 0 N–H and O–H groups in total. The van der Waals surface area contributed by atoms with Crippen molar-refractivity contribution in [2.45, 2.75) is 135 Å². The van der Waals surface area contributed by atoms with Crippen LogP contribution in [0.4, 0.5) is 0 Å². The highest BCUT2D eigenvalue weighted by atomic mass is 79.9. The van der Waals surface area contributed by atoms with Crippen LogP contribution in [0.1, 0.15) is 133 Å². The fourth-order valence-electron chi connectivity index (χ4n) is 4.26. The van der Waals surface area contributed by atoms with E-state index in [2.05, 4.69) is 63.8 Å². The van der Waals surface area contributed by atoms with Crippen LogP contribution in [0.25, 0.3) is 0 Å². The van der Waals surface area contributed by atoms with Gasteiger partial charge >= 0.3 is 0 Å². The van der Waals surface area contributed by atoms with Gasteiger partial charge in [0.1, 0.15) is 0 Å². The van der Waals surface area contributed by atoms with Crippen molar-refractivity contribution in [1.29, 1.82) is 0 Å². The Morgan fingerprint density at radius 3 is 1.10 bits per heavy atom. The molecule has 0 spiro atoms. The lowest BCUT2D eigenvalue weighted by molar-refractivity contribution is 0.557. The summed E-state index contributed by atoms with van der Waals surface area (Å²) in [7, 11) is 0. The fourth-order valence-corrected chi connectivity index (χ4v) is 5.45. The van der Waals surface area contributed by atoms with Crippen molar-refractivity contribution in [3.8, 4) is 0 Å². The lowest BCUT2D eigenvalue weighted by atomic mass is 10.0. The van der Waals surface area contributed by atoms with Crippen LogP contribution >= 0.6 is 47.8 Å². The Hall–Kier alpha value is -0.260. The van der Waals surface area contributed by atoms with E-state index >= 15 is 0 Å². The van der Waals surface area contributed by atoms with E-state index in [-0.39, 0.29) is 0 Å². The second kappa shape index (κ2) is 33.9. The number of rotatable bonds is 22. The molecule has 0 fully saturated rings. The van der Waals surface area contributed by atoms with Gasteiger partial charge in [0.25, 0.3) is 0 Å². The Morgan fingerprint density at radius 1 is 0.462 bits per heavy atom. The first-order valence-corrected chi connectivity index (χ1v) is 19.0. The Morgan fingerprint density at radius 2 is 0.821 bits per heavy atom. The number of hydrogen-bond acceptors (Lipinski definition) is 2. The minimum atomic E-state index is 1.17. The largest absolute Gasteiger partial charge is 0.264 e. The van der Waals surface area contributed by atoms with Gasteiger partial charge in [-0.25, -0.2) is 0 Å². The Labute approximate surface area is 267 Å². The summed E-state index contributed by atoms with van der Waals surface area (Å²) in [6, 6.07) is 8.16. The number of unbranched alkanes of at least 4 members (excludes halogenated alkanes) is 17. The summed E-state index contributed by atoms with van der Waals surface area (Å²) in [5, 5.41) is 3.53. The smallest absolute Gasteiger partial charge is 0.0299 e. The molecule has 224 valence electrons. The van der Waals surface area contributed by atoms with Gasteiger partial charge in [0.05, 0.1) is 0 Å². The summed E-state index contributed by atoms with van der Waals surface area (Å²) >= 11 is 10.4. The zero-order chi connectivity index (χ0) is 28.5. The summed E-state index contributed by atoms with van der Waals surface area (Å²) in [5.41, 5.74) is 2.59. The number of alkyl halides is 3. The van der Waals surface area contributed by atoms with Crippen LogP contribution in [0.2, 0.25) is 0 Å². The normalized spacial score (nSPS) is 10.4. The van der Waals surface area contributed by atoms with Crippen molar-refractivity contribution in [2.24, 2.45) is 0 Å². The predicted octanol–water partition coefficient (Wildman–Crippen LogP) is 12.6. The van der Waals surface area contributed by atoms with Gasteiger partial charge in [-0.05, 0) is 62.3 Å². The molecule has 2 heterocycles. The fraction of sp³-hybridized carbons (Fsp3) is 0.706. The molecule has 5 heteroatoms. The third kappa shape index (κ3) is 32.1. The maximum atomic E-state index is 4.15. The highest BCUT2D eigenvalue weighted by Gasteiger charge is 1.95. The van der Waals surface area contributed by atoms with Crippen LogP contribution in [0, 0.1) is 6.92 Å². The quantitative estimate of drug-likeness (QED) is 0.0890. The number of halogens is 3. The monoisotopic (exact) mass is 730 g/mol. The predicted molar refractivity (Wildman–Crippen MR) is 186 cm³/mol. The Bertz CT molecular complexity index is 675. The van der Waals surface area contributed by atoms with Gasteiger partial charge in [-0.1, -0.05) is 156 Å². The third-order valence-corrected chi connectivity index (χ3v) is 8.33. The van der Waals surface area contributed by atoms with E-state index in [1.807, 2.05) is 43.7 Å². The summed E-state index contributed by atoms with van der Waals surface area (Å²) in [6.45, 7) is 2.02. The molecule has 0 aliphatic carbocycles. The molecule has 2 rings (SSSR count). The maximum Gasteiger partial charge on any atom is 0.0299 e. The maximum absolute atomic E-state index is 4.15. The molecule has 2 aromatic heterocycles. The highest BCUT2D eigenvalue weighted by molar-refractivity contribution is 9.09. The first kappa shape index (κ1) is 38.7. The number of hydrogen-bond donors (Lipinski definition) is 0. The van der Waals surface area contributed by atoms with Crippen LogP contribution in [-0.4, -0.2) is 26.0 Å². The lowest BCUT2D eigenvalue weighted by Crippen LogP contribution is -1.87. The standard InChI is InChI=1S/C17H28BrN.C11H22Br2.C6H7N/c18-14-10-8-6-4-2-1-3-5-7-9-12-17-13-11-15-19-16-17;12-10-8-6-4-2-1-3-5-7-9-11-13;1-6-3-2-4-7-5-6/h11,13,15-16H,1-10,12,14H2;1-11H2;2-5H,1H3. The van der Waals surface area contributed by atoms with E-state index < -0.39 is 0 Å². The molecule has 0 amide bonds. The summed E-state index contributed by atoms with van der Waals surface area (Å²) < 4.78 is 0. The molecule has 0 aliphatic heterocycles. The lowest BCUT2D eigenvalue weighted by Gasteiger charge is -2.03. The van der Waals surface area contributed by atoms with Crippen molar-refractivity contribution in [3.05, 3.63) is 60.2 Å². The third-order valence-electron chi connectivity index (χ3n) is 6.65. The summed E-state index contributed by atoms with van der Waals surface area (Å²) in [6.07, 6.45) is 35.4. The first-order valence-electron chi connectivity index (χ1n) is 15.7. The second-order valence-electron chi connectivity index (χ2n) is 10.4. The van der Waals surface area contributed by atoms with E-state index in [1.165, 1.54) is 156 Å². The van der Waals surface area contributed by atoms with Crippen molar-refractivity contribution in [2.75, 3.05) is 16.0 Å². The minimum absolute atomic E-state index is 1.17. The molecular weight excluding hydrogens is 676 g/mol. The van der Waals surface area contributed by atoms with E-state index in [0.717, 1.165) is 0 Å². The van der Waals surface area contributed by atoms with Gasteiger partial charge < -0.3 is 0 Å². The molecule has 0 aromatic carbocycles. The average molecular weight is 734 g/mol. The molecular formula is C34H57Br3N2. The van der Waals surface area contributed by atoms with Gasteiger partial charge in [0.15, 0.2) is 0 Å². The summed E-state index contributed by atoms with van der Waals surface area (Å²) in [5.74, 6) is 0. The zero-order valence-electron chi connectivity index (χ0n) is 24.9. The van der Waals surface area contributed by atoms with Crippen LogP contribution in [0.3, 0.4) is 0 Å². The van der Waals surface area contributed by atoms with Gasteiger partial charge in [0.2, 0.25) is 0 Å². The summed E-state index contributed by atoms with van der Waals surface area (Å²) in [4.78, 5) is 8.04. The number of aryl methyl sites for hydroxylation is 2. The number of pyridine rings is 2. The van der Waals surface area contributed by atoms with Crippen molar-refractivity contribution >= 4 is 47.8 Å². The molecule has 39 heavy (non-hydrogen) atoms. The van der Waals surface area contributed by atoms with Crippen LogP contribution < -0.4 is 0 Å². The molecule has 0 unspecified atom stereocenters. The van der Waals surface area contributed by atoms with Gasteiger partial charge in [0, 0.05) is 40.8 Å². The molecule has 0 radical (unpaired) electrons. The zero-order valence-corrected chi connectivity index (χ0v) is 29.7. The molecule has 0 bridgehead atoms. The molecule has 2 aromatic rings.